The molecule has 2 N–H and O–H groups in total. The third-order valence-electron chi connectivity index (χ3n) is 7.05. The number of fused-ring (bicyclic) bond motifs is 1. The molecule has 1 aliphatic rings. The Labute approximate surface area is 240 Å². The number of likely N-dealkylation sites (tertiary alicyclic amines) is 1. The Morgan fingerprint density at radius 1 is 0.805 bits per heavy atom. The lowest BCUT2D eigenvalue weighted by Crippen LogP contribution is -2.43. The lowest BCUT2D eigenvalue weighted by atomic mass is 10.0. The molecule has 1 unspecified atom stereocenters. The SMILES string of the molecule is CC(C)(C)OC(=O)Nc1ccc2cc(-c3ccc(NC(=O)C4CCCN4C(=O)Cc4ccccc4)cc3)ccc2c1. The van der Waals surface area contributed by atoms with Crippen LogP contribution in [0.2, 0.25) is 0 Å². The molecule has 0 bridgehead atoms. The van der Waals surface area contributed by atoms with E-state index in [1.54, 1.807) is 4.90 Å². The van der Waals surface area contributed by atoms with E-state index in [1.807, 2.05) is 106 Å². The van der Waals surface area contributed by atoms with Crippen molar-refractivity contribution < 1.29 is 19.1 Å². The Hall–Kier alpha value is -4.65. The van der Waals surface area contributed by atoms with Crippen molar-refractivity contribution in [1.29, 1.82) is 0 Å². The van der Waals surface area contributed by atoms with Gasteiger partial charge in [0.25, 0.3) is 0 Å². The van der Waals surface area contributed by atoms with E-state index in [9.17, 15) is 14.4 Å². The molecule has 210 valence electrons. The summed E-state index contributed by atoms with van der Waals surface area (Å²) in [5, 5.41) is 7.81. The van der Waals surface area contributed by atoms with E-state index in [2.05, 4.69) is 16.7 Å². The average molecular weight is 550 g/mol. The number of carbonyl (C=O) groups is 3. The Bertz CT molecular complexity index is 1560. The molecule has 0 spiro atoms. The molecule has 1 saturated heterocycles. The van der Waals surface area contributed by atoms with Crippen LogP contribution in [0.3, 0.4) is 0 Å². The Morgan fingerprint density at radius 2 is 1.46 bits per heavy atom. The Kier molecular flexibility index (Phi) is 8.06. The van der Waals surface area contributed by atoms with Crippen LogP contribution in [0.25, 0.3) is 21.9 Å². The highest BCUT2D eigenvalue weighted by molar-refractivity contribution is 5.98. The highest BCUT2D eigenvalue weighted by Crippen LogP contribution is 2.28. The first kappa shape index (κ1) is 27.9. The molecule has 5 rings (SSSR count). The van der Waals surface area contributed by atoms with Crippen LogP contribution in [-0.2, 0) is 20.7 Å². The second-order valence-corrected chi connectivity index (χ2v) is 11.4. The van der Waals surface area contributed by atoms with Gasteiger partial charge in [0.05, 0.1) is 6.42 Å². The molecule has 0 aromatic heterocycles. The highest BCUT2D eigenvalue weighted by atomic mass is 16.6. The van der Waals surface area contributed by atoms with Crippen LogP contribution in [0.1, 0.15) is 39.2 Å². The molecule has 0 saturated carbocycles. The second kappa shape index (κ2) is 11.8. The molecular formula is C34H35N3O4. The number of hydrogen-bond donors (Lipinski definition) is 2. The first-order chi connectivity index (χ1) is 19.6. The largest absolute Gasteiger partial charge is 0.444 e. The Morgan fingerprint density at radius 3 is 2.20 bits per heavy atom. The van der Waals surface area contributed by atoms with Gasteiger partial charge in [-0.1, -0.05) is 60.7 Å². The molecule has 0 radical (unpaired) electrons. The molecule has 7 heteroatoms. The summed E-state index contributed by atoms with van der Waals surface area (Å²) in [6.45, 7) is 6.08. The molecule has 0 aliphatic carbocycles. The van der Waals surface area contributed by atoms with Crippen molar-refractivity contribution >= 4 is 40.1 Å². The minimum atomic E-state index is -0.563. The van der Waals surface area contributed by atoms with Crippen molar-refractivity contribution in [2.24, 2.45) is 0 Å². The van der Waals surface area contributed by atoms with Gasteiger partial charge < -0.3 is 15.0 Å². The van der Waals surface area contributed by atoms with Crippen molar-refractivity contribution in [2.45, 2.75) is 51.7 Å². The molecule has 7 nitrogen and oxygen atoms in total. The molecule has 1 fully saturated rings. The summed E-state index contributed by atoms with van der Waals surface area (Å²) >= 11 is 0. The van der Waals surface area contributed by atoms with Gasteiger partial charge in [0, 0.05) is 17.9 Å². The van der Waals surface area contributed by atoms with Gasteiger partial charge in [-0.25, -0.2) is 4.79 Å². The third kappa shape index (κ3) is 7.11. The molecular weight excluding hydrogens is 514 g/mol. The number of nitrogens with zero attached hydrogens (tertiary/aromatic N) is 1. The maximum Gasteiger partial charge on any atom is 0.412 e. The average Bonchev–Trinajstić information content (AvgIpc) is 3.43. The molecule has 1 aliphatic heterocycles. The first-order valence-electron chi connectivity index (χ1n) is 13.9. The number of amides is 3. The minimum absolute atomic E-state index is 0.0201. The molecule has 3 amide bonds. The van der Waals surface area contributed by atoms with Gasteiger partial charge in [-0.3, -0.25) is 14.9 Å². The predicted molar refractivity (Wildman–Crippen MR) is 163 cm³/mol. The number of carbonyl (C=O) groups excluding carboxylic acids is 3. The Balaban J connectivity index is 1.22. The summed E-state index contributed by atoms with van der Waals surface area (Å²) in [7, 11) is 0. The molecule has 1 heterocycles. The quantitative estimate of drug-likeness (QED) is 0.270. The minimum Gasteiger partial charge on any atom is -0.444 e. The van der Waals surface area contributed by atoms with Crippen molar-refractivity contribution in [1.82, 2.24) is 4.90 Å². The van der Waals surface area contributed by atoms with Gasteiger partial charge in [0.2, 0.25) is 11.8 Å². The van der Waals surface area contributed by atoms with Gasteiger partial charge >= 0.3 is 6.09 Å². The molecule has 1 atom stereocenters. The number of nitrogens with one attached hydrogen (secondary N) is 2. The van der Waals surface area contributed by atoms with Crippen LogP contribution in [0, 0.1) is 0 Å². The van der Waals surface area contributed by atoms with E-state index in [0.717, 1.165) is 33.9 Å². The standard InChI is InChI=1S/C34H35N3O4/c1-34(2,3)41-33(40)36-29-18-15-26-21-25(11-12-27(26)22-29)24-13-16-28(17-14-24)35-32(39)30-10-7-19-37(30)31(38)20-23-8-5-4-6-9-23/h4-6,8-9,11-18,21-22,30H,7,10,19-20H2,1-3H3,(H,35,39)(H,36,40). The fourth-order valence-corrected chi connectivity index (χ4v) is 5.11. The van der Waals surface area contributed by atoms with Crippen molar-refractivity contribution in [3.63, 3.8) is 0 Å². The van der Waals surface area contributed by atoms with E-state index < -0.39 is 17.7 Å². The molecule has 4 aromatic rings. The van der Waals surface area contributed by atoms with Crippen molar-refractivity contribution in [3.05, 3.63) is 96.6 Å². The van der Waals surface area contributed by atoms with Crippen LogP contribution in [-0.4, -0.2) is 41.0 Å². The third-order valence-corrected chi connectivity index (χ3v) is 7.05. The fraction of sp³-hybridized carbons (Fsp3) is 0.265. The molecule has 41 heavy (non-hydrogen) atoms. The fourth-order valence-electron chi connectivity index (χ4n) is 5.11. The monoisotopic (exact) mass is 549 g/mol. The van der Waals surface area contributed by atoms with E-state index >= 15 is 0 Å². The van der Waals surface area contributed by atoms with E-state index in [4.69, 9.17) is 4.74 Å². The summed E-state index contributed by atoms with van der Waals surface area (Å²) in [5.74, 6) is -0.175. The van der Waals surface area contributed by atoms with Gasteiger partial charge in [-0.2, -0.15) is 0 Å². The first-order valence-corrected chi connectivity index (χ1v) is 13.9. The van der Waals surface area contributed by atoms with Crippen molar-refractivity contribution in [3.8, 4) is 11.1 Å². The number of anilines is 2. The lowest BCUT2D eigenvalue weighted by molar-refractivity contribution is -0.136. The van der Waals surface area contributed by atoms with Crippen LogP contribution in [0.4, 0.5) is 16.2 Å². The van der Waals surface area contributed by atoms with Crippen molar-refractivity contribution in [2.75, 3.05) is 17.2 Å². The van der Waals surface area contributed by atoms with Gasteiger partial charge in [0.1, 0.15) is 11.6 Å². The zero-order valence-electron chi connectivity index (χ0n) is 23.6. The zero-order chi connectivity index (χ0) is 29.0. The summed E-state index contributed by atoms with van der Waals surface area (Å²) < 4.78 is 5.34. The van der Waals surface area contributed by atoms with E-state index in [0.29, 0.717) is 30.8 Å². The van der Waals surface area contributed by atoms with Gasteiger partial charge in [-0.15, -0.1) is 0 Å². The lowest BCUT2D eigenvalue weighted by Gasteiger charge is -2.24. The summed E-state index contributed by atoms with van der Waals surface area (Å²) in [6, 6.07) is 28.8. The number of rotatable bonds is 6. The summed E-state index contributed by atoms with van der Waals surface area (Å²) in [4.78, 5) is 39.8. The van der Waals surface area contributed by atoms with E-state index in [-0.39, 0.29) is 11.8 Å². The summed E-state index contributed by atoms with van der Waals surface area (Å²) in [5.41, 5.74) is 3.80. The number of hydrogen-bond acceptors (Lipinski definition) is 4. The molecule has 4 aromatic carbocycles. The topological polar surface area (TPSA) is 87.7 Å². The second-order valence-electron chi connectivity index (χ2n) is 11.4. The van der Waals surface area contributed by atoms with E-state index in [1.165, 1.54) is 0 Å². The smallest absolute Gasteiger partial charge is 0.412 e. The van der Waals surface area contributed by atoms with Gasteiger partial charge in [0.15, 0.2) is 0 Å². The van der Waals surface area contributed by atoms with Crippen LogP contribution in [0.5, 0.6) is 0 Å². The van der Waals surface area contributed by atoms with Gasteiger partial charge in [-0.05, 0) is 91.4 Å². The highest BCUT2D eigenvalue weighted by Gasteiger charge is 2.34. The zero-order valence-corrected chi connectivity index (χ0v) is 23.6. The maximum atomic E-state index is 13.1. The predicted octanol–water partition coefficient (Wildman–Crippen LogP) is 7.03. The van der Waals surface area contributed by atoms with Crippen LogP contribution < -0.4 is 10.6 Å². The summed E-state index contributed by atoms with van der Waals surface area (Å²) in [6.07, 6.45) is 1.29. The number of benzene rings is 4. The normalized spacial score (nSPS) is 15.0. The number of ether oxygens (including phenoxy) is 1. The van der Waals surface area contributed by atoms with Crippen LogP contribution in [0.15, 0.2) is 91.0 Å². The maximum absolute atomic E-state index is 13.1. The van der Waals surface area contributed by atoms with Crippen LogP contribution >= 0.6 is 0 Å².